The molecule has 1 fully saturated rings. The molecule has 26 heavy (non-hydrogen) atoms. The van der Waals surface area contributed by atoms with Gasteiger partial charge in [0.15, 0.2) is 0 Å². The zero-order valence-electron chi connectivity index (χ0n) is 15.9. The highest BCUT2D eigenvalue weighted by Crippen LogP contribution is 2.23. The Bertz CT molecular complexity index is 715. The molecule has 3 rings (SSSR count). The quantitative estimate of drug-likeness (QED) is 0.808. The van der Waals surface area contributed by atoms with Gasteiger partial charge in [-0.2, -0.15) is 0 Å². The highest BCUT2D eigenvalue weighted by Gasteiger charge is 2.24. The molecule has 3 heterocycles. The molecule has 0 aliphatic carbocycles. The van der Waals surface area contributed by atoms with Crippen molar-refractivity contribution < 1.29 is 4.79 Å². The smallest absolute Gasteiger partial charge is 0.223 e. The fraction of sp³-hybridized carbons (Fsp3) is 0.550. The first-order valence-electron chi connectivity index (χ1n) is 9.26. The number of carbonyl (C=O) groups excluding carboxylic acids is 1. The molecular formula is C20H28N4OS. The average Bonchev–Trinajstić information content (AvgIpc) is 3.09. The first-order valence-corrected chi connectivity index (χ1v) is 10.1. The molecule has 1 aliphatic heterocycles. The number of thiazole rings is 1. The van der Waals surface area contributed by atoms with Crippen LogP contribution in [0.1, 0.15) is 32.9 Å². The first-order chi connectivity index (χ1) is 12.4. The second-order valence-corrected chi connectivity index (χ2v) is 8.96. The largest absolute Gasteiger partial charge is 0.340 e. The van der Waals surface area contributed by atoms with Crippen LogP contribution in [-0.2, 0) is 11.2 Å². The summed E-state index contributed by atoms with van der Waals surface area (Å²) in [4.78, 5) is 25.7. The number of pyridine rings is 1. The molecule has 0 N–H and O–H groups in total. The highest BCUT2D eigenvalue weighted by molar-refractivity contribution is 7.13. The van der Waals surface area contributed by atoms with Crippen LogP contribution in [0.3, 0.4) is 0 Å². The van der Waals surface area contributed by atoms with E-state index in [0.29, 0.717) is 18.3 Å². The summed E-state index contributed by atoms with van der Waals surface area (Å²) < 4.78 is 0. The van der Waals surface area contributed by atoms with Crippen molar-refractivity contribution >= 4 is 17.2 Å². The minimum Gasteiger partial charge on any atom is -0.340 e. The Hall–Kier alpha value is -1.79. The predicted octanol–water partition coefficient (Wildman–Crippen LogP) is 3.33. The van der Waals surface area contributed by atoms with Crippen molar-refractivity contribution in [3.63, 3.8) is 0 Å². The normalized spacial score (nSPS) is 16.0. The molecule has 1 saturated heterocycles. The number of rotatable bonds is 5. The lowest BCUT2D eigenvalue weighted by Gasteiger charge is -2.37. The van der Waals surface area contributed by atoms with E-state index in [1.165, 1.54) is 0 Å². The molecule has 0 bridgehead atoms. The van der Waals surface area contributed by atoms with Crippen LogP contribution < -0.4 is 0 Å². The van der Waals surface area contributed by atoms with E-state index in [2.05, 4.69) is 41.0 Å². The molecule has 0 spiro atoms. The second-order valence-electron chi connectivity index (χ2n) is 8.10. The van der Waals surface area contributed by atoms with Crippen LogP contribution >= 0.6 is 11.3 Å². The van der Waals surface area contributed by atoms with Gasteiger partial charge in [-0.1, -0.05) is 20.8 Å². The SMILES string of the molecule is CC(C)(C)CN1CCN(C(=O)CCc2csc(-c3ccncc3)n2)CC1. The monoisotopic (exact) mass is 372 g/mol. The van der Waals surface area contributed by atoms with Crippen LogP contribution in [0.2, 0.25) is 0 Å². The molecular weight excluding hydrogens is 344 g/mol. The van der Waals surface area contributed by atoms with E-state index in [1.54, 1.807) is 23.7 Å². The fourth-order valence-corrected chi connectivity index (χ4v) is 4.13. The summed E-state index contributed by atoms with van der Waals surface area (Å²) in [5.74, 6) is 0.249. The van der Waals surface area contributed by atoms with Gasteiger partial charge >= 0.3 is 0 Å². The third-order valence-electron chi connectivity index (χ3n) is 4.50. The van der Waals surface area contributed by atoms with Crippen LogP contribution in [-0.4, -0.2) is 58.4 Å². The predicted molar refractivity (Wildman–Crippen MR) is 106 cm³/mol. The van der Waals surface area contributed by atoms with Gasteiger partial charge < -0.3 is 4.90 Å². The van der Waals surface area contributed by atoms with Gasteiger partial charge in [0.2, 0.25) is 5.91 Å². The number of carbonyl (C=O) groups is 1. The van der Waals surface area contributed by atoms with Crippen LogP contribution in [0.15, 0.2) is 29.9 Å². The minimum atomic E-state index is 0.249. The molecule has 1 amide bonds. The number of aromatic nitrogens is 2. The molecule has 6 heteroatoms. The van der Waals surface area contributed by atoms with Crippen LogP contribution in [0.25, 0.3) is 10.6 Å². The van der Waals surface area contributed by atoms with E-state index < -0.39 is 0 Å². The van der Waals surface area contributed by atoms with Crippen molar-refractivity contribution in [1.82, 2.24) is 19.8 Å². The Labute approximate surface area is 160 Å². The van der Waals surface area contributed by atoms with E-state index in [9.17, 15) is 4.79 Å². The minimum absolute atomic E-state index is 0.249. The number of hydrogen-bond donors (Lipinski definition) is 0. The van der Waals surface area contributed by atoms with Gasteiger partial charge in [-0.05, 0) is 24.0 Å². The van der Waals surface area contributed by atoms with E-state index in [-0.39, 0.29) is 5.91 Å². The van der Waals surface area contributed by atoms with Gasteiger partial charge in [0, 0.05) is 62.5 Å². The van der Waals surface area contributed by atoms with Crippen molar-refractivity contribution in [3.05, 3.63) is 35.6 Å². The Morgan fingerprint density at radius 2 is 1.85 bits per heavy atom. The van der Waals surface area contributed by atoms with Gasteiger partial charge in [0.05, 0.1) is 5.69 Å². The second kappa shape index (κ2) is 8.27. The number of aryl methyl sites for hydroxylation is 1. The molecule has 0 atom stereocenters. The Morgan fingerprint density at radius 1 is 1.15 bits per heavy atom. The van der Waals surface area contributed by atoms with Crippen molar-refractivity contribution in [3.8, 4) is 10.6 Å². The Balaban J connectivity index is 1.46. The average molecular weight is 373 g/mol. The maximum absolute atomic E-state index is 12.5. The van der Waals surface area contributed by atoms with E-state index >= 15 is 0 Å². The molecule has 0 unspecified atom stereocenters. The van der Waals surface area contributed by atoms with Crippen LogP contribution in [0.5, 0.6) is 0 Å². The maximum atomic E-state index is 12.5. The zero-order chi connectivity index (χ0) is 18.6. The van der Waals surface area contributed by atoms with Crippen molar-refractivity contribution in [2.24, 2.45) is 5.41 Å². The van der Waals surface area contributed by atoms with Crippen molar-refractivity contribution in [1.29, 1.82) is 0 Å². The van der Waals surface area contributed by atoms with Crippen molar-refractivity contribution in [2.75, 3.05) is 32.7 Å². The molecule has 0 radical (unpaired) electrons. The standard InChI is InChI=1S/C20H28N4OS/c1-20(2,3)15-23-10-12-24(13-11-23)18(25)5-4-17-14-26-19(22-17)16-6-8-21-9-7-16/h6-9,14H,4-5,10-13,15H2,1-3H3. The van der Waals surface area contributed by atoms with Gasteiger partial charge in [-0.25, -0.2) is 4.98 Å². The summed E-state index contributed by atoms with van der Waals surface area (Å²) in [6, 6.07) is 3.93. The lowest BCUT2D eigenvalue weighted by Crippen LogP contribution is -2.50. The van der Waals surface area contributed by atoms with Crippen LogP contribution in [0, 0.1) is 5.41 Å². The summed E-state index contributed by atoms with van der Waals surface area (Å²) in [7, 11) is 0. The molecule has 1 aliphatic rings. The summed E-state index contributed by atoms with van der Waals surface area (Å²) >= 11 is 1.62. The summed E-state index contributed by atoms with van der Waals surface area (Å²) in [6.45, 7) is 11.5. The van der Waals surface area contributed by atoms with Gasteiger partial charge in [-0.15, -0.1) is 11.3 Å². The van der Waals surface area contributed by atoms with Crippen molar-refractivity contribution in [2.45, 2.75) is 33.6 Å². The molecule has 5 nitrogen and oxygen atoms in total. The van der Waals surface area contributed by atoms with Gasteiger partial charge in [0.1, 0.15) is 5.01 Å². The molecule has 140 valence electrons. The lowest BCUT2D eigenvalue weighted by atomic mass is 9.96. The molecule has 0 saturated carbocycles. The molecule has 2 aromatic rings. The summed E-state index contributed by atoms with van der Waals surface area (Å²) in [5.41, 5.74) is 2.39. The van der Waals surface area contributed by atoms with Crippen LogP contribution in [0.4, 0.5) is 0 Å². The van der Waals surface area contributed by atoms with E-state index in [4.69, 9.17) is 0 Å². The number of piperazine rings is 1. The number of hydrogen-bond acceptors (Lipinski definition) is 5. The van der Waals surface area contributed by atoms with Gasteiger partial charge in [0.25, 0.3) is 0 Å². The maximum Gasteiger partial charge on any atom is 0.223 e. The lowest BCUT2D eigenvalue weighted by molar-refractivity contribution is -0.133. The molecule has 0 aromatic carbocycles. The number of nitrogens with zero attached hydrogens (tertiary/aromatic N) is 4. The topological polar surface area (TPSA) is 49.3 Å². The zero-order valence-corrected chi connectivity index (χ0v) is 16.8. The van der Waals surface area contributed by atoms with E-state index in [1.807, 2.05) is 17.0 Å². The third kappa shape index (κ3) is 5.35. The fourth-order valence-electron chi connectivity index (χ4n) is 3.27. The summed E-state index contributed by atoms with van der Waals surface area (Å²) in [5, 5.41) is 3.05. The highest BCUT2D eigenvalue weighted by atomic mass is 32.1. The Kier molecular flexibility index (Phi) is 6.04. The van der Waals surface area contributed by atoms with Gasteiger partial charge in [-0.3, -0.25) is 14.7 Å². The Morgan fingerprint density at radius 3 is 2.50 bits per heavy atom. The van der Waals surface area contributed by atoms with E-state index in [0.717, 1.165) is 49.0 Å². The summed E-state index contributed by atoms with van der Waals surface area (Å²) in [6.07, 6.45) is 4.81. The third-order valence-corrected chi connectivity index (χ3v) is 5.44. The first kappa shape index (κ1) is 19.0. The molecule has 2 aromatic heterocycles. The number of amides is 1.